The zero-order valence-corrected chi connectivity index (χ0v) is 25.1. The fourth-order valence-corrected chi connectivity index (χ4v) is 9.59. The molecule has 2 fully saturated rings. The lowest BCUT2D eigenvalue weighted by atomic mass is 9.82. The summed E-state index contributed by atoms with van der Waals surface area (Å²) in [5.74, 6) is -0.378. The third-order valence-electron chi connectivity index (χ3n) is 8.84. The van der Waals surface area contributed by atoms with Crippen molar-refractivity contribution >= 4 is 31.7 Å². The molecule has 0 aliphatic carbocycles. The van der Waals surface area contributed by atoms with Crippen molar-refractivity contribution in [3.63, 3.8) is 0 Å². The zero-order chi connectivity index (χ0) is 29.6. The quantitative estimate of drug-likeness (QED) is 0.363. The first kappa shape index (κ1) is 28.5. The molecule has 11 nitrogen and oxygen atoms in total. The van der Waals surface area contributed by atoms with E-state index in [0.29, 0.717) is 44.8 Å². The Morgan fingerprint density at radius 1 is 1.12 bits per heavy atom. The Balaban J connectivity index is 1.28. The van der Waals surface area contributed by atoms with Crippen molar-refractivity contribution < 1.29 is 29.0 Å². The van der Waals surface area contributed by atoms with Gasteiger partial charge in [0.15, 0.2) is 13.9 Å². The molecule has 3 aliphatic heterocycles. The monoisotopic (exact) mass is 591 g/mol. The van der Waals surface area contributed by atoms with Crippen molar-refractivity contribution in [3.8, 4) is 0 Å². The number of aliphatic hydroxyl groups excluding tert-OH is 1. The molecule has 2 N–H and O–H groups in total. The summed E-state index contributed by atoms with van der Waals surface area (Å²) in [7, 11) is -2.78. The Bertz CT molecular complexity index is 1470. The number of aliphatic hydroxyl groups is 1. The number of cyclic esters (lactones) is 1. The predicted octanol–water partition coefficient (Wildman–Crippen LogP) is 3.20. The van der Waals surface area contributed by atoms with Crippen molar-refractivity contribution in [2.24, 2.45) is 5.92 Å². The summed E-state index contributed by atoms with van der Waals surface area (Å²) in [4.78, 5) is 41.3. The van der Waals surface area contributed by atoms with Crippen LogP contribution in [0.25, 0.3) is 0 Å². The predicted molar refractivity (Wildman–Crippen MR) is 157 cm³/mol. The average Bonchev–Trinajstić information content (AvgIpc) is 3.72. The van der Waals surface area contributed by atoms with E-state index < -0.39 is 13.9 Å². The van der Waals surface area contributed by atoms with Crippen molar-refractivity contribution in [1.82, 2.24) is 15.0 Å². The molecular formula is C30H37N5O6Si. The highest BCUT2D eigenvalue weighted by molar-refractivity contribution is 6.71. The molecule has 6 rings (SSSR count). The lowest BCUT2D eigenvalue weighted by molar-refractivity contribution is -0.146. The number of hydrogen-bond acceptors (Lipinski definition) is 8. The number of carbonyl (C=O) groups excluding carboxylic acids is 2. The number of carbonyl (C=O) groups is 2. The van der Waals surface area contributed by atoms with Crippen molar-refractivity contribution in [3.05, 3.63) is 71.5 Å². The fourth-order valence-electron chi connectivity index (χ4n) is 6.99. The van der Waals surface area contributed by atoms with E-state index in [-0.39, 0.29) is 36.2 Å². The molecule has 1 aromatic heterocycles. The van der Waals surface area contributed by atoms with Gasteiger partial charge < -0.3 is 24.3 Å². The van der Waals surface area contributed by atoms with Gasteiger partial charge in [-0.3, -0.25) is 14.4 Å². The van der Waals surface area contributed by atoms with E-state index in [1.165, 1.54) is 0 Å². The summed E-state index contributed by atoms with van der Waals surface area (Å²) in [6.45, 7) is 7.63. The summed E-state index contributed by atoms with van der Waals surface area (Å²) >= 11 is 0. The number of para-hydroxylation sites is 1. The van der Waals surface area contributed by atoms with Crippen LogP contribution in [0.5, 0.6) is 0 Å². The Labute approximate surface area is 245 Å². The normalized spacial score (nSPS) is 25.5. The molecule has 0 unspecified atom stereocenters. The van der Waals surface area contributed by atoms with Crippen LogP contribution in [-0.4, -0.2) is 71.1 Å². The number of amides is 2. The molecule has 0 saturated carbocycles. The van der Waals surface area contributed by atoms with E-state index >= 15 is 0 Å². The van der Waals surface area contributed by atoms with E-state index in [1.807, 2.05) is 74.7 Å². The van der Waals surface area contributed by atoms with E-state index in [4.69, 9.17) is 9.47 Å². The van der Waals surface area contributed by atoms with Crippen molar-refractivity contribution in [2.75, 3.05) is 29.6 Å². The molecule has 0 radical (unpaired) electrons. The zero-order valence-electron chi connectivity index (χ0n) is 24.1. The topological polar surface area (TPSA) is 130 Å². The van der Waals surface area contributed by atoms with Gasteiger partial charge in [0.05, 0.1) is 30.6 Å². The second-order valence-corrected chi connectivity index (χ2v) is 15.9. The Kier molecular flexibility index (Phi) is 7.42. The van der Waals surface area contributed by atoms with Gasteiger partial charge in [0.25, 0.3) is 5.91 Å². The lowest BCUT2D eigenvalue weighted by Gasteiger charge is -2.32. The van der Waals surface area contributed by atoms with E-state index in [0.717, 1.165) is 22.5 Å². The van der Waals surface area contributed by atoms with E-state index in [2.05, 4.69) is 10.3 Å². The number of anilines is 2. The molecule has 0 bridgehead atoms. The Morgan fingerprint density at radius 3 is 2.57 bits per heavy atom. The van der Waals surface area contributed by atoms with Crippen LogP contribution < -0.4 is 9.80 Å². The number of rotatable bonds is 9. The van der Waals surface area contributed by atoms with Crippen LogP contribution in [0, 0.1) is 5.92 Å². The molecule has 42 heavy (non-hydrogen) atoms. The van der Waals surface area contributed by atoms with Crippen molar-refractivity contribution in [2.45, 2.75) is 63.2 Å². The SMILES string of the molecule is C[C@H]1[C@H]([Si](C)(C)O)[C@@H](CCn2cc(CCO)nn2)O[C@]12C(=O)N(Cc1ccc(N3CCOC3=O)cc1)c1ccccc12. The van der Waals surface area contributed by atoms with Crippen LogP contribution in [0.3, 0.4) is 0 Å². The molecule has 2 saturated heterocycles. The van der Waals surface area contributed by atoms with E-state index in [1.54, 1.807) is 14.5 Å². The maximum Gasteiger partial charge on any atom is 0.414 e. The van der Waals surface area contributed by atoms with Crippen molar-refractivity contribution in [1.29, 1.82) is 0 Å². The number of hydrogen-bond donors (Lipinski definition) is 2. The maximum absolute atomic E-state index is 14.5. The fraction of sp³-hybridized carbons (Fsp3) is 0.467. The van der Waals surface area contributed by atoms with Gasteiger partial charge in [-0.2, -0.15) is 0 Å². The highest BCUT2D eigenvalue weighted by atomic mass is 28.4. The summed E-state index contributed by atoms with van der Waals surface area (Å²) in [6, 6.07) is 15.4. The minimum Gasteiger partial charge on any atom is -0.447 e. The lowest BCUT2D eigenvalue weighted by Crippen LogP contribution is -2.46. The van der Waals surface area contributed by atoms with Crippen LogP contribution in [0.15, 0.2) is 54.7 Å². The van der Waals surface area contributed by atoms with Gasteiger partial charge in [0.1, 0.15) is 6.61 Å². The Hall–Kier alpha value is -3.58. The third kappa shape index (κ3) is 4.81. The third-order valence-corrected chi connectivity index (χ3v) is 11.3. The molecule has 3 aliphatic rings. The van der Waals surface area contributed by atoms with Crippen LogP contribution >= 0.6 is 0 Å². The molecule has 1 spiro atoms. The molecule has 12 heteroatoms. The van der Waals surface area contributed by atoms with Gasteiger partial charge in [-0.25, -0.2) is 4.79 Å². The maximum atomic E-state index is 14.5. The van der Waals surface area contributed by atoms with Crippen LogP contribution in [0.1, 0.15) is 30.2 Å². The second kappa shape index (κ2) is 10.9. The number of aryl methyl sites for hydroxylation is 1. The second-order valence-electron chi connectivity index (χ2n) is 11.9. The van der Waals surface area contributed by atoms with Gasteiger partial charge in [-0.15, -0.1) is 5.10 Å². The molecular weight excluding hydrogens is 554 g/mol. The van der Waals surface area contributed by atoms with Gasteiger partial charge in [0.2, 0.25) is 0 Å². The van der Waals surface area contributed by atoms with Crippen LogP contribution in [0.4, 0.5) is 16.2 Å². The summed E-state index contributed by atoms with van der Waals surface area (Å²) < 4.78 is 13.7. The minimum absolute atomic E-state index is 0.00604. The number of aromatic nitrogens is 3. The number of benzene rings is 2. The number of ether oxygens (including phenoxy) is 2. The smallest absolute Gasteiger partial charge is 0.414 e. The number of fused-ring (bicyclic) bond motifs is 2. The molecule has 2 aromatic carbocycles. The highest BCUT2D eigenvalue weighted by Gasteiger charge is 2.66. The number of nitrogens with zero attached hydrogens (tertiary/aromatic N) is 5. The molecule has 2 amide bonds. The minimum atomic E-state index is -2.78. The standard InChI is InChI=1S/C30H37N5O6Si/c1-20-27(42(2,3)39)26(12-14-33-19-22(13-16-36)31-32-33)41-30(20)24-6-4-5-7-25(24)35(28(30)37)18-21-8-10-23(11-9-21)34-15-17-40-29(34)38/h4-11,19-20,26-27,36,39H,12-18H2,1-3H3/t20-,26+,27-,30+/m0/s1. The molecule has 222 valence electrons. The largest absolute Gasteiger partial charge is 0.447 e. The average molecular weight is 592 g/mol. The first-order valence-electron chi connectivity index (χ1n) is 14.5. The molecule has 4 heterocycles. The van der Waals surface area contributed by atoms with Gasteiger partial charge in [0, 0.05) is 48.5 Å². The summed E-state index contributed by atoms with van der Waals surface area (Å²) in [6.07, 6.45) is 2.11. The van der Waals surface area contributed by atoms with E-state index in [9.17, 15) is 19.5 Å². The van der Waals surface area contributed by atoms with Gasteiger partial charge in [-0.05, 0) is 43.3 Å². The van der Waals surface area contributed by atoms with Crippen LogP contribution in [0.2, 0.25) is 18.6 Å². The summed E-state index contributed by atoms with van der Waals surface area (Å²) in [5, 5.41) is 17.5. The first-order chi connectivity index (χ1) is 20.1. The molecule has 3 aromatic rings. The highest BCUT2D eigenvalue weighted by Crippen LogP contribution is 2.59. The van der Waals surface area contributed by atoms with Gasteiger partial charge >= 0.3 is 6.09 Å². The first-order valence-corrected chi connectivity index (χ1v) is 17.5. The van der Waals surface area contributed by atoms with Gasteiger partial charge in [-0.1, -0.05) is 42.5 Å². The molecule has 4 atom stereocenters. The summed E-state index contributed by atoms with van der Waals surface area (Å²) in [5.41, 5.74) is 2.64. The Morgan fingerprint density at radius 2 is 1.88 bits per heavy atom. The van der Waals surface area contributed by atoms with Crippen LogP contribution in [-0.2, 0) is 39.4 Å².